The van der Waals surface area contributed by atoms with E-state index in [0.29, 0.717) is 15.6 Å². The average molecular weight is 304 g/mol. The van der Waals surface area contributed by atoms with Crippen LogP contribution < -0.4 is 5.32 Å². The summed E-state index contributed by atoms with van der Waals surface area (Å²) in [7, 11) is 0. The van der Waals surface area contributed by atoms with Crippen LogP contribution in [-0.4, -0.2) is 29.7 Å². The molecule has 0 aliphatic rings. The number of carbonyl (C=O) groups excluding carboxylic acids is 1. The molecule has 1 rings (SSSR count). The molecule has 0 spiro atoms. The highest BCUT2D eigenvalue weighted by Gasteiger charge is 2.21. The first-order valence-electron chi connectivity index (χ1n) is 4.81. The number of aliphatic carboxylic acids is 1. The molecular weight excluding hydrogens is 293 g/mol. The first-order valence-corrected chi connectivity index (χ1v) is 5.60. The van der Waals surface area contributed by atoms with Gasteiger partial charge in [-0.2, -0.15) is 0 Å². The first kappa shape index (κ1) is 13.6. The Labute approximate surface area is 106 Å². The molecule has 6 heteroatoms. The summed E-state index contributed by atoms with van der Waals surface area (Å²) in [4.78, 5) is 22.3. The van der Waals surface area contributed by atoms with Crippen LogP contribution in [0.2, 0.25) is 0 Å². The lowest BCUT2D eigenvalue weighted by Crippen LogP contribution is -2.42. The van der Waals surface area contributed by atoms with E-state index in [4.69, 9.17) is 5.11 Å². The van der Waals surface area contributed by atoms with Crippen LogP contribution in [0.1, 0.15) is 15.9 Å². The number of nitrogens with one attached hydrogen (secondary N) is 1. The number of aryl methyl sites for hydroxylation is 1. The van der Waals surface area contributed by atoms with Crippen molar-refractivity contribution in [1.82, 2.24) is 5.32 Å². The molecule has 2 N–H and O–H groups in total. The third kappa shape index (κ3) is 3.52. The molecule has 4 nitrogen and oxygen atoms in total. The second-order valence-corrected chi connectivity index (χ2v) is 4.39. The van der Waals surface area contributed by atoms with E-state index in [1.807, 2.05) is 0 Å². The SMILES string of the molecule is Cc1ccc(Br)cc1C(=O)NC(CF)C(=O)O. The van der Waals surface area contributed by atoms with E-state index in [1.165, 1.54) is 0 Å². The number of carboxylic acids is 1. The van der Waals surface area contributed by atoms with Crippen molar-refractivity contribution in [2.45, 2.75) is 13.0 Å². The van der Waals surface area contributed by atoms with Gasteiger partial charge in [-0.25, -0.2) is 9.18 Å². The van der Waals surface area contributed by atoms with E-state index in [2.05, 4.69) is 21.2 Å². The molecule has 1 amide bonds. The Morgan fingerprint density at radius 1 is 1.53 bits per heavy atom. The topological polar surface area (TPSA) is 66.4 Å². The quantitative estimate of drug-likeness (QED) is 0.893. The van der Waals surface area contributed by atoms with Crippen molar-refractivity contribution in [2.75, 3.05) is 6.67 Å². The molecule has 0 aliphatic heterocycles. The van der Waals surface area contributed by atoms with Gasteiger partial charge in [0.25, 0.3) is 5.91 Å². The monoisotopic (exact) mass is 303 g/mol. The largest absolute Gasteiger partial charge is 0.480 e. The van der Waals surface area contributed by atoms with E-state index in [-0.39, 0.29) is 0 Å². The molecule has 0 heterocycles. The molecular formula is C11H11BrFNO3. The molecule has 0 radical (unpaired) electrons. The Kier molecular flexibility index (Phi) is 4.62. The van der Waals surface area contributed by atoms with E-state index < -0.39 is 24.6 Å². The molecule has 0 aromatic heterocycles. The molecule has 0 saturated heterocycles. The minimum absolute atomic E-state index is 0.319. The molecule has 0 bridgehead atoms. The van der Waals surface area contributed by atoms with Crippen molar-refractivity contribution < 1.29 is 19.1 Å². The zero-order valence-corrected chi connectivity index (χ0v) is 10.6. The van der Waals surface area contributed by atoms with Crippen molar-refractivity contribution in [3.63, 3.8) is 0 Å². The van der Waals surface area contributed by atoms with Gasteiger partial charge >= 0.3 is 5.97 Å². The van der Waals surface area contributed by atoms with Gasteiger partial charge in [-0.1, -0.05) is 22.0 Å². The number of carboxylic acid groups (broad SMARTS) is 1. The van der Waals surface area contributed by atoms with Gasteiger partial charge in [-0.15, -0.1) is 0 Å². The Bertz CT molecular complexity index is 450. The summed E-state index contributed by atoms with van der Waals surface area (Å²) in [5.41, 5.74) is 1.01. The van der Waals surface area contributed by atoms with Crippen molar-refractivity contribution in [3.8, 4) is 0 Å². The standard InChI is InChI=1S/C11H11BrFNO3/c1-6-2-3-7(12)4-8(6)10(15)14-9(5-13)11(16)17/h2-4,9H,5H2,1H3,(H,14,15)(H,16,17). The van der Waals surface area contributed by atoms with Gasteiger partial charge in [-0.05, 0) is 24.6 Å². The minimum atomic E-state index is -1.51. The zero-order chi connectivity index (χ0) is 13.0. The van der Waals surface area contributed by atoms with Crippen LogP contribution in [0.4, 0.5) is 4.39 Å². The lowest BCUT2D eigenvalue weighted by Gasteiger charge is -2.12. The third-order valence-electron chi connectivity index (χ3n) is 2.20. The third-order valence-corrected chi connectivity index (χ3v) is 2.70. The van der Waals surface area contributed by atoms with Gasteiger partial charge in [0.2, 0.25) is 0 Å². The van der Waals surface area contributed by atoms with Gasteiger partial charge in [-0.3, -0.25) is 4.79 Å². The second kappa shape index (κ2) is 5.77. The summed E-state index contributed by atoms with van der Waals surface area (Å²) >= 11 is 3.21. The Balaban J connectivity index is 2.89. The van der Waals surface area contributed by atoms with Crippen molar-refractivity contribution in [2.24, 2.45) is 0 Å². The predicted octanol–water partition coefficient (Wildman–Crippen LogP) is 1.91. The van der Waals surface area contributed by atoms with E-state index >= 15 is 0 Å². The highest BCUT2D eigenvalue weighted by atomic mass is 79.9. The molecule has 17 heavy (non-hydrogen) atoms. The molecule has 1 aromatic rings. The summed E-state index contributed by atoms with van der Waals surface area (Å²) in [5, 5.41) is 10.7. The van der Waals surface area contributed by atoms with Crippen molar-refractivity contribution >= 4 is 27.8 Å². The number of amides is 1. The number of carbonyl (C=O) groups is 2. The molecule has 1 unspecified atom stereocenters. The number of rotatable bonds is 4. The molecule has 1 atom stereocenters. The lowest BCUT2D eigenvalue weighted by atomic mass is 10.1. The van der Waals surface area contributed by atoms with Crippen LogP contribution >= 0.6 is 15.9 Å². The molecule has 92 valence electrons. The second-order valence-electron chi connectivity index (χ2n) is 3.48. The van der Waals surface area contributed by atoms with Crippen molar-refractivity contribution in [1.29, 1.82) is 0 Å². The Hall–Kier alpha value is -1.43. The molecule has 1 aromatic carbocycles. The minimum Gasteiger partial charge on any atom is -0.480 e. The lowest BCUT2D eigenvalue weighted by molar-refractivity contribution is -0.139. The van der Waals surface area contributed by atoms with Gasteiger partial charge < -0.3 is 10.4 Å². The fourth-order valence-electron chi connectivity index (χ4n) is 1.24. The van der Waals surface area contributed by atoms with Crippen LogP contribution in [0.15, 0.2) is 22.7 Å². The summed E-state index contributed by atoms with van der Waals surface area (Å²) in [6.07, 6.45) is 0. The van der Waals surface area contributed by atoms with Crippen LogP contribution in [0.5, 0.6) is 0 Å². The maximum atomic E-state index is 12.4. The number of halogens is 2. The number of alkyl halides is 1. The van der Waals surface area contributed by atoms with Crippen molar-refractivity contribution in [3.05, 3.63) is 33.8 Å². The van der Waals surface area contributed by atoms with Crippen LogP contribution in [0, 0.1) is 6.92 Å². The average Bonchev–Trinajstić information content (AvgIpc) is 2.28. The highest BCUT2D eigenvalue weighted by Crippen LogP contribution is 2.16. The maximum absolute atomic E-state index is 12.4. The normalized spacial score (nSPS) is 11.9. The van der Waals surface area contributed by atoms with Crippen LogP contribution in [-0.2, 0) is 4.79 Å². The summed E-state index contributed by atoms with van der Waals surface area (Å²) in [6, 6.07) is 3.52. The van der Waals surface area contributed by atoms with Crippen LogP contribution in [0.3, 0.4) is 0 Å². The fourth-order valence-corrected chi connectivity index (χ4v) is 1.60. The Morgan fingerprint density at radius 3 is 2.71 bits per heavy atom. The maximum Gasteiger partial charge on any atom is 0.328 e. The summed E-state index contributed by atoms with van der Waals surface area (Å²) < 4.78 is 13.1. The molecule has 0 fully saturated rings. The molecule has 0 saturated carbocycles. The van der Waals surface area contributed by atoms with Gasteiger partial charge in [0, 0.05) is 10.0 Å². The smallest absolute Gasteiger partial charge is 0.328 e. The molecule has 0 aliphatic carbocycles. The zero-order valence-electron chi connectivity index (χ0n) is 9.04. The summed E-state index contributed by atoms with van der Waals surface area (Å²) in [5.74, 6) is -2.00. The first-order chi connectivity index (χ1) is 7.95. The Morgan fingerprint density at radius 2 is 2.18 bits per heavy atom. The van der Waals surface area contributed by atoms with Gasteiger partial charge in [0.1, 0.15) is 6.67 Å². The van der Waals surface area contributed by atoms with E-state index in [0.717, 1.165) is 0 Å². The van der Waals surface area contributed by atoms with Gasteiger partial charge in [0.05, 0.1) is 0 Å². The van der Waals surface area contributed by atoms with Crippen LogP contribution in [0.25, 0.3) is 0 Å². The number of benzene rings is 1. The van der Waals surface area contributed by atoms with E-state index in [1.54, 1.807) is 25.1 Å². The fraction of sp³-hybridized carbons (Fsp3) is 0.273. The van der Waals surface area contributed by atoms with E-state index in [9.17, 15) is 14.0 Å². The predicted molar refractivity (Wildman–Crippen MR) is 63.7 cm³/mol. The highest BCUT2D eigenvalue weighted by molar-refractivity contribution is 9.10. The summed E-state index contributed by atoms with van der Waals surface area (Å²) in [6.45, 7) is 0.570. The van der Waals surface area contributed by atoms with Gasteiger partial charge in [0.15, 0.2) is 6.04 Å². The number of hydrogen-bond acceptors (Lipinski definition) is 2. The number of hydrogen-bond donors (Lipinski definition) is 2.